The van der Waals surface area contributed by atoms with Crippen LogP contribution in [0.1, 0.15) is 18.9 Å². The highest BCUT2D eigenvalue weighted by Gasteiger charge is 2.34. The molecule has 0 amide bonds. The Morgan fingerprint density at radius 2 is 2.20 bits per heavy atom. The zero-order chi connectivity index (χ0) is 14.1. The molecule has 1 fully saturated rings. The molecule has 0 bridgehead atoms. The van der Waals surface area contributed by atoms with Crippen molar-refractivity contribution < 1.29 is 9.53 Å². The van der Waals surface area contributed by atoms with E-state index in [4.69, 9.17) is 4.74 Å². The van der Waals surface area contributed by atoms with E-state index in [1.54, 1.807) is 4.68 Å². The minimum atomic E-state index is -0.237. The molecule has 0 aliphatic carbocycles. The number of hydrogen-bond acceptors (Lipinski definition) is 6. The van der Waals surface area contributed by atoms with Crippen LogP contribution in [0.2, 0.25) is 0 Å². The van der Waals surface area contributed by atoms with E-state index < -0.39 is 0 Å². The lowest BCUT2D eigenvalue weighted by molar-refractivity contribution is -0.140. The van der Waals surface area contributed by atoms with Crippen molar-refractivity contribution in [2.45, 2.75) is 36.8 Å². The molecule has 0 saturated carbocycles. The van der Waals surface area contributed by atoms with E-state index in [1.807, 2.05) is 38.1 Å². The first-order chi connectivity index (χ1) is 9.65. The second-order valence-electron chi connectivity index (χ2n) is 4.75. The van der Waals surface area contributed by atoms with Gasteiger partial charge in [-0.2, -0.15) is 4.68 Å². The van der Waals surface area contributed by atoms with Gasteiger partial charge in [-0.1, -0.05) is 30.0 Å². The second-order valence-corrected chi connectivity index (χ2v) is 5.92. The number of esters is 1. The van der Waals surface area contributed by atoms with Crippen LogP contribution in [0.4, 0.5) is 0 Å². The summed E-state index contributed by atoms with van der Waals surface area (Å²) in [6, 6.07) is 7.85. The molecule has 104 valence electrons. The topological polar surface area (TPSA) is 69.9 Å². The molecule has 1 aromatic heterocycles. The van der Waals surface area contributed by atoms with Gasteiger partial charge in [0, 0.05) is 6.42 Å². The van der Waals surface area contributed by atoms with Gasteiger partial charge in [-0.25, -0.2) is 0 Å². The number of carbonyl (C=O) groups is 1. The molecule has 1 aromatic carbocycles. The fourth-order valence-electron chi connectivity index (χ4n) is 2.15. The van der Waals surface area contributed by atoms with Gasteiger partial charge in [-0.3, -0.25) is 4.79 Å². The Kier molecular flexibility index (Phi) is 3.43. The molecule has 3 rings (SSSR count). The molecule has 2 aromatic rings. The van der Waals surface area contributed by atoms with E-state index >= 15 is 0 Å². The number of nitrogens with zero attached hydrogens (tertiary/aromatic N) is 4. The van der Waals surface area contributed by atoms with E-state index in [-0.39, 0.29) is 17.3 Å². The first-order valence-electron chi connectivity index (χ1n) is 6.36. The zero-order valence-corrected chi connectivity index (χ0v) is 12.0. The van der Waals surface area contributed by atoms with Crippen LogP contribution in [0.5, 0.6) is 0 Å². The van der Waals surface area contributed by atoms with Crippen LogP contribution in [-0.2, 0) is 9.53 Å². The monoisotopic (exact) mass is 290 g/mol. The van der Waals surface area contributed by atoms with Crippen molar-refractivity contribution in [2.75, 3.05) is 0 Å². The largest absolute Gasteiger partial charge is 0.462 e. The molecule has 0 radical (unpaired) electrons. The highest BCUT2D eigenvalue weighted by Crippen LogP contribution is 2.31. The smallest absolute Gasteiger partial charge is 0.319 e. The predicted octanol–water partition coefficient (Wildman–Crippen LogP) is 1.77. The quantitative estimate of drug-likeness (QED) is 0.802. The number of hydrogen-bond donors (Lipinski definition) is 0. The Labute approximate surface area is 120 Å². The summed E-state index contributed by atoms with van der Waals surface area (Å²) in [5.74, 6) is -0.193. The summed E-state index contributed by atoms with van der Waals surface area (Å²) < 4.78 is 6.82. The van der Waals surface area contributed by atoms with Crippen LogP contribution >= 0.6 is 11.8 Å². The van der Waals surface area contributed by atoms with Crippen molar-refractivity contribution in [1.82, 2.24) is 20.2 Å². The van der Waals surface area contributed by atoms with E-state index in [0.717, 1.165) is 11.3 Å². The van der Waals surface area contributed by atoms with Crippen LogP contribution in [0.25, 0.3) is 5.69 Å². The minimum Gasteiger partial charge on any atom is -0.462 e. The highest BCUT2D eigenvalue weighted by molar-refractivity contribution is 8.00. The highest BCUT2D eigenvalue weighted by atomic mass is 32.2. The number of rotatable bonds is 3. The first kappa shape index (κ1) is 13.1. The number of benzene rings is 1. The van der Waals surface area contributed by atoms with Crippen LogP contribution in [0.3, 0.4) is 0 Å². The summed E-state index contributed by atoms with van der Waals surface area (Å²) in [5, 5.41) is 12.1. The summed E-state index contributed by atoms with van der Waals surface area (Å²) in [6.45, 7) is 3.89. The molecule has 1 saturated heterocycles. The Morgan fingerprint density at radius 1 is 1.40 bits per heavy atom. The zero-order valence-electron chi connectivity index (χ0n) is 11.2. The molecule has 0 spiro atoms. The third-order valence-electron chi connectivity index (χ3n) is 3.16. The fourth-order valence-corrected chi connectivity index (χ4v) is 3.24. The summed E-state index contributed by atoms with van der Waals surface area (Å²) in [7, 11) is 0. The van der Waals surface area contributed by atoms with E-state index in [1.165, 1.54) is 11.8 Å². The predicted molar refractivity (Wildman–Crippen MR) is 73.7 cm³/mol. The van der Waals surface area contributed by atoms with Crippen LogP contribution in [0, 0.1) is 6.92 Å². The molecular weight excluding hydrogens is 276 g/mol. The molecule has 2 heterocycles. The number of carbonyl (C=O) groups excluding carboxylic acids is 1. The van der Waals surface area contributed by atoms with Gasteiger partial charge >= 0.3 is 5.97 Å². The molecule has 1 aliphatic heterocycles. The number of aromatic nitrogens is 4. The number of ether oxygens (including phenoxy) is 1. The Hall–Kier alpha value is -1.89. The molecule has 20 heavy (non-hydrogen) atoms. The van der Waals surface area contributed by atoms with Crippen LogP contribution in [0.15, 0.2) is 29.4 Å². The normalized spacial score (nSPS) is 22.0. The van der Waals surface area contributed by atoms with Gasteiger partial charge in [-0.05, 0) is 35.9 Å². The maximum absolute atomic E-state index is 11.7. The van der Waals surface area contributed by atoms with E-state index in [9.17, 15) is 4.79 Å². The maximum Gasteiger partial charge on any atom is 0.319 e. The number of cyclic esters (lactones) is 1. The fraction of sp³-hybridized carbons (Fsp3) is 0.385. The standard InChI is InChI=1S/C13H14N4O2S/c1-8-5-3-4-6-10(8)17-13(14-15-16-17)20-11-7-9(2)19-12(11)18/h3-6,9,11H,7H2,1-2H3/t9-,11+/m0/s1. The third-order valence-corrected chi connectivity index (χ3v) is 4.29. The second kappa shape index (κ2) is 5.24. The molecule has 1 aliphatic rings. The lowest BCUT2D eigenvalue weighted by Crippen LogP contribution is -2.11. The average Bonchev–Trinajstić information content (AvgIpc) is 2.98. The third kappa shape index (κ3) is 2.40. The van der Waals surface area contributed by atoms with Gasteiger partial charge in [0.05, 0.1) is 5.69 Å². The Bertz CT molecular complexity index is 643. The van der Waals surface area contributed by atoms with E-state index in [0.29, 0.717) is 11.6 Å². The minimum absolute atomic E-state index is 0.0391. The van der Waals surface area contributed by atoms with Gasteiger partial charge in [0.1, 0.15) is 11.4 Å². The van der Waals surface area contributed by atoms with Crippen molar-refractivity contribution in [1.29, 1.82) is 0 Å². The van der Waals surface area contributed by atoms with Crippen molar-refractivity contribution in [3.63, 3.8) is 0 Å². The van der Waals surface area contributed by atoms with Crippen molar-refractivity contribution >= 4 is 17.7 Å². The summed E-state index contributed by atoms with van der Waals surface area (Å²) >= 11 is 1.35. The number of aryl methyl sites for hydroxylation is 1. The van der Waals surface area contributed by atoms with Gasteiger partial charge in [-0.15, -0.1) is 5.10 Å². The van der Waals surface area contributed by atoms with E-state index in [2.05, 4.69) is 15.5 Å². The summed E-state index contributed by atoms with van der Waals surface area (Å²) in [5.41, 5.74) is 1.99. The average molecular weight is 290 g/mol. The van der Waals surface area contributed by atoms with Crippen molar-refractivity contribution in [2.24, 2.45) is 0 Å². The van der Waals surface area contributed by atoms with Gasteiger partial charge in [0.25, 0.3) is 0 Å². The SMILES string of the molecule is Cc1ccccc1-n1nnnc1S[C@@H]1C[C@H](C)OC1=O. The van der Waals surface area contributed by atoms with Gasteiger partial charge < -0.3 is 4.74 Å². The summed E-state index contributed by atoms with van der Waals surface area (Å²) in [4.78, 5) is 11.7. The lowest BCUT2D eigenvalue weighted by Gasteiger charge is -2.08. The number of thioether (sulfide) groups is 1. The molecule has 0 unspecified atom stereocenters. The molecule has 7 heteroatoms. The molecular formula is C13H14N4O2S. The Morgan fingerprint density at radius 3 is 2.90 bits per heavy atom. The van der Waals surface area contributed by atoms with Gasteiger partial charge in [0.15, 0.2) is 0 Å². The first-order valence-corrected chi connectivity index (χ1v) is 7.24. The van der Waals surface area contributed by atoms with Crippen LogP contribution in [-0.4, -0.2) is 37.5 Å². The molecule has 0 N–H and O–H groups in total. The summed E-state index contributed by atoms with van der Waals surface area (Å²) in [6.07, 6.45) is 0.646. The van der Waals surface area contributed by atoms with Crippen molar-refractivity contribution in [3.8, 4) is 5.69 Å². The Balaban J connectivity index is 1.88. The maximum atomic E-state index is 11.7. The number of tetrazole rings is 1. The van der Waals surface area contributed by atoms with Gasteiger partial charge in [0.2, 0.25) is 5.16 Å². The number of para-hydroxylation sites is 1. The van der Waals surface area contributed by atoms with Crippen molar-refractivity contribution in [3.05, 3.63) is 29.8 Å². The molecule has 2 atom stereocenters. The molecule has 6 nitrogen and oxygen atoms in total. The lowest BCUT2D eigenvalue weighted by atomic mass is 10.2. The van der Waals surface area contributed by atoms with Crippen LogP contribution < -0.4 is 0 Å².